The number of aromatic hydroxyl groups is 1. The van der Waals surface area contributed by atoms with Gasteiger partial charge in [0.05, 0.1) is 37.6 Å². The molecule has 0 bridgehead atoms. The fraction of sp³-hybridized carbons (Fsp3) is 0.222. The summed E-state index contributed by atoms with van der Waals surface area (Å²) in [6, 6.07) is 21.8. The Hall–Kier alpha value is -6.26. The van der Waals surface area contributed by atoms with Crippen LogP contribution in [0.3, 0.4) is 0 Å². The van der Waals surface area contributed by atoms with Gasteiger partial charge in [-0.3, -0.25) is 9.55 Å². The van der Waals surface area contributed by atoms with Crippen molar-refractivity contribution in [1.82, 2.24) is 14.5 Å². The molecule has 0 aliphatic rings. The van der Waals surface area contributed by atoms with Crippen LogP contribution in [0.4, 0.5) is 0 Å². The highest BCUT2D eigenvalue weighted by Gasteiger charge is 2.25. The fourth-order valence-corrected chi connectivity index (χ4v) is 6.79. The number of fused-ring (bicyclic) bond motifs is 1. The lowest BCUT2D eigenvalue weighted by Gasteiger charge is -2.23. The van der Waals surface area contributed by atoms with Crippen molar-refractivity contribution in [3.8, 4) is 67.5 Å². The van der Waals surface area contributed by atoms with Crippen molar-refractivity contribution in [2.75, 3.05) is 0 Å². The van der Waals surface area contributed by atoms with E-state index in [1.165, 1.54) is 18.2 Å². The third-order valence-electron chi connectivity index (χ3n) is 9.81. The highest BCUT2D eigenvalue weighted by atomic mass is 16.3. The zero-order valence-corrected chi connectivity index (χ0v) is 31.7. The third kappa shape index (κ3) is 7.47. The smallest absolute Gasteiger partial charge is 0.149 e. The second-order valence-electron chi connectivity index (χ2n) is 15.1. The molecule has 6 aromatic carbocycles. The Labute approximate surface area is 379 Å². The van der Waals surface area contributed by atoms with Gasteiger partial charge < -0.3 is 5.11 Å². The van der Waals surface area contributed by atoms with Crippen LogP contribution in [0, 0.1) is 0 Å². The molecular weight excluding hydrogens is 707 g/mol. The van der Waals surface area contributed by atoms with Crippen LogP contribution in [0.2, 0.25) is 0 Å². The lowest BCUT2D eigenvalue weighted by Crippen LogP contribution is -2.12. The van der Waals surface area contributed by atoms with E-state index in [0.717, 1.165) is 6.07 Å². The zero-order chi connectivity index (χ0) is 62.1. The van der Waals surface area contributed by atoms with Gasteiger partial charge in [-0.05, 0) is 110 Å². The van der Waals surface area contributed by atoms with Gasteiger partial charge in [0.25, 0.3) is 0 Å². The van der Waals surface area contributed by atoms with Gasteiger partial charge in [-0.25, -0.2) is 4.98 Å². The molecule has 0 atom stereocenters. The normalized spacial score (nSPS) is 19.9. The van der Waals surface area contributed by atoms with Crippen LogP contribution in [0.1, 0.15) is 113 Å². The first-order valence-corrected chi connectivity index (χ1v) is 18.2. The quantitative estimate of drug-likeness (QED) is 0.183. The highest BCUT2D eigenvalue weighted by molar-refractivity contribution is 5.97. The molecule has 4 nitrogen and oxygen atoms in total. The molecule has 0 saturated heterocycles. The summed E-state index contributed by atoms with van der Waals surface area (Å²) < 4.78 is 216. The first kappa shape index (κ1) is 19.0. The van der Waals surface area contributed by atoms with Crippen molar-refractivity contribution in [2.45, 2.75) is 78.1 Å². The van der Waals surface area contributed by atoms with Crippen LogP contribution in [0.15, 0.2) is 152 Å². The molecular formula is C54H53N3O. The molecule has 8 rings (SSSR count). The summed E-state index contributed by atoms with van der Waals surface area (Å²) in [5, 5.41) is 11.5. The number of aromatic nitrogens is 3. The van der Waals surface area contributed by atoms with E-state index >= 15 is 0 Å². The van der Waals surface area contributed by atoms with E-state index in [2.05, 4.69) is 4.98 Å². The van der Waals surface area contributed by atoms with Crippen molar-refractivity contribution < 1.29 is 39.4 Å². The van der Waals surface area contributed by atoms with Crippen LogP contribution in [-0.2, 0) is 16.2 Å². The Morgan fingerprint density at radius 3 is 1.97 bits per heavy atom. The molecule has 290 valence electrons. The molecule has 4 heteroatoms. The molecule has 0 spiro atoms. The van der Waals surface area contributed by atoms with Crippen LogP contribution in [0.5, 0.6) is 5.75 Å². The Morgan fingerprint density at radius 2 is 1.24 bits per heavy atom. The first-order valence-electron chi connectivity index (χ1n) is 30.7. The van der Waals surface area contributed by atoms with Gasteiger partial charge in [0, 0.05) is 47.5 Å². The van der Waals surface area contributed by atoms with Gasteiger partial charge in [0.15, 0.2) is 0 Å². The van der Waals surface area contributed by atoms with E-state index < -0.39 is 122 Å². The van der Waals surface area contributed by atoms with Gasteiger partial charge in [-0.15, -0.1) is 0 Å². The van der Waals surface area contributed by atoms with E-state index in [1.807, 2.05) is 26.8 Å². The van der Waals surface area contributed by atoms with Crippen molar-refractivity contribution in [2.24, 2.45) is 0 Å². The van der Waals surface area contributed by atoms with Crippen LogP contribution in [0.25, 0.3) is 72.7 Å². The number of rotatable bonds is 6. The molecule has 0 fully saturated rings. The molecule has 0 saturated carbocycles. The maximum absolute atomic E-state index is 11.5. The van der Waals surface area contributed by atoms with Crippen molar-refractivity contribution in [1.29, 1.82) is 0 Å². The fourth-order valence-electron chi connectivity index (χ4n) is 6.79. The average Bonchev–Trinajstić information content (AvgIpc) is 1.24. The molecule has 8 aromatic rings. The lowest BCUT2D eigenvalue weighted by atomic mass is 9.83. The molecule has 0 amide bonds. The lowest BCUT2D eigenvalue weighted by molar-refractivity contribution is 0.477. The Bertz CT molecular complexity index is 3760. The SMILES string of the molecule is [2H]c1nc(-c2cc(-c3cccc4c3nc(-c3ccccc3O)n4-c3ccc(C(C([2H])([2H])[2H])(C([2H])([2H])[2H])C([2H])([2H])[2H])cc3-c3ccccc3)cc(C(C)(C)C)c2)c([2H])c(-c2c([2H])c([2H])c(C(C([2H])([2H])[2H])(C([2H])([2H])[2H])C([2H])([2H])[2H])c([2H])c2[2H])c1[2H]. The molecule has 0 unspecified atom stereocenters. The zero-order valence-electron chi connectivity index (χ0n) is 56.7. The van der Waals surface area contributed by atoms with E-state index in [1.54, 1.807) is 83.4 Å². The second-order valence-corrected chi connectivity index (χ2v) is 15.1. The van der Waals surface area contributed by atoms with Gasteiger partial charge in [-0.1, -0.05) is 153 Å². The number of hydrogen-bond donors (Lipinski definition) is 1. The standard InChI is InChI=1S/C54H53N3O/c1-52(2,3)40-24-22-35(23-25-40)37-28-29-55-46(33-37)39-30-38(31-42(32-39)54(7,8)9)43-19-15-20-48-50(43)56-51(44-18-13-14-21-49(44)58)57(48)47-27-26-41(53(4,5)6)34-45(47)36-16-11-10-12-17-36/h10-34,58H,1-9H3/i1D3,2D3,3D3,4D3,5D3,6D3,22D,23D,24D,25D,28D,29D,33D. The number of phenolic OH excluding ortho intramolecular Hbond substituents is 1. The predicted octanol–water partition coefficient (Wildman–Crippen LogP) is 14.4. The summed E-state index contributed by atoms with van der Waals surface area (Å²) in [6.45, 7) is -17.1. The molecule has 0 aliphatic heterocycles. The maximum Gasteiger partial charge on any atom is 0.149 e. The van der Waals surface area contributed by atoms with E-state index in [-0.39, 0.29) is 45.2 Å². The molecule has 1 N–H and O–H groups in total. The van der Waals surface area contributed by atoms with Crippen molar-refractivity contribution in [3.05, 3.63) is 168 Å². The summed E-state index contributed by atoms with van der Waals surface area (Å²) in [6.07, 6.45) is -0.821. The van der Waals surface area contributed by atoms with Gasteiger partial charge in [0.1, 0.15) is 11.6 Å². The summed E-state index contributed by atoms with van der Waals surface area (Å²) in [5.41, 5.74) is -8.71. The average molecular weight is 785 g/mol. The minimum Gasteiger partial charge on any atom is -0.507 e. The minimum absolute atomic E-state index is 0.112. The van der Waals surface area contributed by atoms with Gasteiger partial charge in [0.2, 0.25) is 0 Å². The van der Waals surface area contributed by atoms with Crippen LogP contribution in [-0.4, -0.2) is 19.6 Å². The second kappa shape index (κ2) is 14.6. The number of benzene rings is 6. The van der Waals surface area contributed by atoms with E-state index in [4.69, 9.17) is 37.9 Å². The van der Waals surface area contributed by atoms with Gasteiger partial charge >= 0.3 is 0 Å². The topological polar surface area (TPSA) is 50.9 Å². The monoisotopic (exact) mass is 785 g/mol. The van der Waals surface area contributed by atoms with Crippen LogP contribution < -0.4 is 0 Å². The summed E-state index contributed by atoms with van der Waals surface area (Å²) in [4.78, 5) is 9.48. The third-order valence-corrected chi connectivity index (χ3v) is 9.81. The molecule has 2 aromatic heterocycles. The first-order chi connectivity index (χ1) is 38.0. The Morgan fingerprint density at radius 1 is 0.552 bits per heavy atom. The summed E-state index contributed by atoms with van der Waals surface area (Å²) in [7, 11) is 0. The van der Waals surface area contributed by atoms with Crippen LogP contribution >= 0.6 is 0 Å². The number of hydrogen-bond acceptors (Lipinski definition) is 3. The minimum atomic E-state index is -3.98. The summed E-state index contributed by atoms with van der Waals surface area (Å²) >= 11 is 0. The number of imidazole rings is 1. The Kier molecular flexibility index (Phi) is 4.78. The van der Waals surface area contributed by atoms with Crippen molar-refractivity contribution >= 4 is 11.0 Å². The number of para-hydroxylation sites is 2. The van der Waals surface area contributed by atoms with Crippen molar-refractivity contribution in [3.63, 3.8) is 0 Å². The summed E-state index contributed by atoms with van der Waals surface area (Å²) in [5.74, 6) is -0.107. The Balaban J connectivity index is 1.44. The number of nitrogens with zero attached hydrogens (tertiary/aromatic N) is 3. The number of phenols is 1. The maximum atomic E-state index is 11.5. The number of pyridine rings is 1. The molecule has 2 heterocycles. The molecule has 0 radical (unpaired) electrons. The van der Waals surface area contributed by atoms with E-state index in [9.17, 15) is 6.48 Å². The van der Waals surface area contributed by atoms with Gasteiger partial charge in [-0.2, -0.15) is 0 Å². The highest BCUT2D eigenvalue weighted by Crippen LogP contribution is 2.42. The van der Waals surface area contributed by atoms with E-state index in [0.29, 0.717) is 27.8 Å². The molecule has 0 aliphatic carbocycles. The largest absolute Gasteiger partial charge is 0.507 e. The molecule has 58 heavy (non-hydrogen) atoms. The predicted molar refractivity (Wildman–Crippen MR) is 244 cm³/mol.